The molecule has 0 bridgehead atoms. The van der Waals surface area contributed by atoms with Crippen LogP contribution in [0.4, 0.5) is 0 Å². The molecule has 7 heteroatoms. The van der Waals surface area contributed by atoms with Crippen LogP contribution in [0.2, 0.25) is 0 Å². The van der Waals surface area contributed by atoms with Crippen molar-refractivity contribution in [1.29, 1.82) is 0 Å². The molecule has 0 spiro atoms. The molecule has 2 rings (SSSR count). The van der Waals surface area contributed by atoms with E-state index in [-0.39, 0.29) is 17.5 Å². The summed E-state index contributed by atoms with van der Waals surface area (Å²) in [4.78, 5) is 15.1. The predicted octanol–water partition coefficient (Wildman–Crippen LogP) is 2.22. The normalized spacial score (nSPS) is 10.8. The maximum absolute atomic E-state index is 11.1. The lowest BCUT2D eigenvalue weighted by atomic mass is 10.3. The minimum atomic E-state index is -1.18. The molecule has 2 heterocycles. The largest absolute Gasteiger partial charge is 0.476 e. The Kier molecular flexibility index (Phi) is 4.07. The fourth-order valence-corrected chi connectivity index (χ4v) is 1.84. The minimum Gasteiger partial charge on any atom is -0.476 e. The van der Waals surface area contributed by atoms with Crippen molar-refractivity contribution in [3.05, 3.63) is 17.5 Å². The number of nitrogens with zero attached hydrogens (tertiary/aromatic N) is 3. The molecule has 0 unspecified atom stereocenters. The minimum absolute atomic E-state index is 0.0723. The zero-order valence-electron chi connectivity index (χ0n) is 11.7. The van der Waals surface area contributed by atoms with Crippen LogP contribution in [-0.4, -0.2) is 32.4 Å². The number of carbonyl (C=O) groups is 1. The predicted molar refractivity (Wildman–Crippen MR) is 70.9 cm³/mol. The number of carboxylic acid groups (broad SMARTS) is 1. The van der Waals surface area contributed by atoms with Gasteiger partial charge in [-0.2, -0.15) is 10.1 Å². The van der Waals surface area contributed by atoms with Crippen molar-refractivity contribution < 1.29 is 19.1 Å². The van der Waals surface area contributed by atoms with Crippen LogP contribution in [0.15, 0.2) is 10.5 Å². The van der Waals surface area contributed by atoms with Gasteiger partial charge in [0.05, 0.1) is 12.3 Å². The Morgan fingerprint density at radius 2 is 2.20 bits per heavy atom. The van der Waals surface area contributed by atoms with Crippen LogP contribution in [0.3, 0.4) is 0 Å². The fourth-order valence-electron chi connectivity index (χ4n) is 1.84. The van der Waals surface area contributed by atoms with Gasteiger partial charge in [-0.3, -0.25) is 4.68 Å². The average molecular weight is 279 g/mol. The van der Waals surface area contributed by atoms with Crippen LogP contribution >= 0.6 is 0 Å². The van der Waals surface area contributed by atoms with Crippen molar-refractivity contribution in [2.45, 2.75) is 33.7 Å². The van der Waals surface area contributed by atoms with Gasteiger partial charge in [-0.1, -0.05) is 6.92 Å². The molecule has 0 fully saturated rings. The van der Waals surface area contributed by atoms with Gasteiger partial charge in [-0.15, -0.1) is 0 Å². The zero-order valence-corrected chi connectivity index (χ0v) is 11.7. The van der Waals surface area contributed by atoms with Crippen LogP contribution in [0, 0.1) is 0 Å². The molecule has 2 aromatic rings. The Balaban J connectivity index is 2.49. The van der Waals surface area contributed by atoms with Crippen molar-refractivity contribution in [2.75, 3.05) is 6.61 Å². The maximum atomic E-state index is 11.1. The number of hydrogen-bond acceptors (Lipinski definition) is 5. The molecular weight excluding hydrogens is 262 g/mol. The standard InChI is InChI=1S/C13H17N3O4/c1-4-8-7-9(16(5-2)15-8)11-14-10(12(17)18)13(20-11)19-6-3/h7H,4-6H2,1-3H3,(H,17,18). The molecule has 0 amide bonds. The molecule has 0 saturated heterocycles. The highest BCUT2D eigenvalue weighted by molar-refractivity contribution is 5.88. The first-order chi connectivity index (χ1) is 9.60. The lowest BCUT2D eigenvalue weighted by Gasteiger charge is -1.99. The maximum Gasteiger partial charge on any atom is 0.362 e. The van der Waals surface area contributed by atoms with E-state index in [1.807, 2.05) is 19.9 Å². The molecule has 0 aliphatic carbocycles. The highest BCUT2D eigenvalue weighted by Crippen LogP contribution is 2.28. The van der Waals surface area contributed by atoms with Crippen molar-refractivity contribution in [3.8, 4) is 17.5 Å². The third-order valence-electron chi connectivity index (χ3n) is 2.79. The lowest BCUT2D eigenvalue weighted by Crippen LogP contribution is -2.02. The molecule has 0 aliphatic heterocycles. The van der Waals surface area contributed by atoms with Crippen LogP contribution < -0.4 is 4.74 Å². The summed E-state index contributed by atoms with van der Waals surface area (Å²) in [6.07, 6.45) is 0.783. The van der Waals surface area contributed by atoms with Crippen LogP contribution in [0.25, 0.3) is 11.6 Å². The average Bonchev–Trinajstić information content (AvgIpc) is 3.02. The molecule has 0 saturated carbocycles. The van der Waals surface area contributed by atoms with Gasteiger partial charge in [0.15, 0.2) is 0 Å². The van der Waals surface area contributed by atoms with Gasteiger partial charge >= 0.3 is 11.9 Å². The van der Waals surface area contributed by atoms with E-state index in [2.05, 4.69) is 10.1 Å². The first kappa shape index (κ1) is 14.1. The molecule has 2 aromatic heterocycles. The Hall–Kier alpha value is -2.31. The summed E-state index contributed by atoms with van der Waals surface area (Å²) in [6.45, 7) is 6.64. The Bertz CT molecular complexity index is 615. The summed E-state index contributed by atoms with van der Waals surface area (Å²) < 4.78 is 12.3. The van der Waals surface area contributed by atoms with Gasteiger partial charge in [0, 0.05) is 6.54 Å². The lowest BCUT2D eigenvalue weighted by molar-refractivity contribution is 0.0683. The van der Waals surface area contributed by atoms with Crippen molar-refractivity contribution in [1.82, 2.24) is 14.8 Å². The van der Waals surface area contributed by atoms with E-state index in [0.29, 0.717) is 18.8 Å². The van der Waals surface area contributed by atoms with Crippen LogP contribution in [0.1, 0.15) is 37.0 Å². The second-order valence-electron chi connectivity index (χ2n) is 4.08. The Labute approximate surface area is 116 Å². The number of carboxylic acids is 1. The van der Waals surface area contributed by atoms with Crippen LogP contribution in [0.5, 0.6) is 5.95 Å². The summed E-state index contributed by atoms with van der Waals surface area (Å²) in [7, 11) is 0. The molecular formula is C13H17N3O4. The van der Waals surface area contributed by atoms with E-state index in [1.54, 1.807) is 11.6 Å². The highest BCUT2D eigenvalue weighted by Gasteiger charge is 2.23. The van der Waals surface area contributed by atoms with Gasteiger partial charge in [0.2, 0.25) is 11.6 Å². The third kappa shape index (κ3) is 2.52. The van der Waals surface area contributed by atoms with Crippen LogP contribution in [-0.2, 0) is 13.0 Å². The monoisotopic (exact) mass is 279 g/mol. The Morgan fingerprint density at radius 3 is 2.75 bits per heavy atom. The molecule has 108 valence electrons. The van der Waals surface area contributed by atoms with E-state index in [4.69, 9.17) is 14.3 Å². The summed E-state index contributed by atoms with van der Waals surface area (Å²) in [5, 5.41) is 13.5. The van der Waals surface area contributed by atoms with Crippen molar-refractivity contribution in [3.63, 3.8) is 0 Å². The first-order valence-electron chi connectivity index (χ1n) is 6.54. The zero-order chi connectivity index (χ0) is 14.7. The molecule has 20 heavy (non-hydrogen) atoms. The van der Waals surface area contributed by atoms with Crippen molar-refractivity contribution >= 4 is 5.97 Å². The van der Waals surface area contributed by atoms with Crippen molar-refractivity contribution in [2.24, 2.45) is 0 Å². The number of rotatable bonds is 6. The smallest absolute Gasteiger partial charge is 0.362 e. The summed E-state index contributed by atoms with van der Waals surface area (Å²) >= 11 is 0. The number of aromatic nitrogens is 3. The summed E-state index contributed by atoms with van der Waals surface area (Å²) in [5.41, 5.74) is 1.33. The molecule has 0 atom stereocenters. The van der Waals surface area contributed by atoms with Gasteiger partial charge < -0.3 is 14.3 Å². The Morgan fingerprint density at radius 1 is 1.45 bits per heavy atom. The van der Waals surface area contributed by atoms with Gasteiger partial charge in [-0.05, 0) is 26.3 Å². The first-order valence-corrected chi connectivity index (χ1v) is 6.54. The van der Waals surface area contributed by atoms with E-state index in [9.17, 15) is 4.79 Å². The molecule has 7 nitrogen and oxygen atoms in total. The molecule has 1 N–H and O–H groups in total. The molecule has 0 radical (unpaired) electrons. The topological polar surface area (TPSA) is 90.4 Å². The third-order valence-corrected chi connectivity index (χ3v) is 2.79. The number of oxazole rings is 1. The quantitative estimate of drug-likeness (QED) is 0.871. The van der Waals surface area contributed by atoms with E-state index < -0.39 is 5.97 Å². The fraction of sp³-hybridized carbons (Fsp3) is 0.462. The molecule has 0 aliphatic rings. The highest BCUT2D eigenvalue weighted by atomic mass is 16.6. The van der Waals surface area contributed by atoms with Gasteiger partial charge in [-0.25, -0.2) is 4.79 Å². The molecule has 0 aromatic carbocycles. The summed E-state index contributed by atoms with van der Waals surface area (Å²) in [5.74, 6) is -1.04. The second-order valence-corrected chi connectivity index (χ2v) is 4.08. The number of hydrogen-bond donors (Lipinski definition) is 1. The number of aryl methyl sites for hydroxylation is 2. The van der Waals surface area contributed by atoms with E-state index in [0.717, 1.165) is 12.1 Å². The van der Waals surface area contributed by atoms with Gasteiger partial charge in [0.1, 0.15) is 5.69 Å². The van der Waals surface area contributed by atoms with E-state index in [1.165, 1.54) is 0 Å². The SMILES string of the molecule is CCOc1oc(-c2cc(CC)nn2CC)nc1C(=O)O. The summed E-state index contributed by atoms with van der Waals surface area (Å²) in [6, 6.07) is 1.84. The number of ether oxygens (including phenoxy) is 1. The number of aromatic carboxylic acids is 1. The van der Waals surface area contributed by atoms with E-state index >= 15 is 0 Å². The van der Waals surface area contributed by atoms with Gasteiger partial charge in [0.25, 0.3) is 0 Å². The second kappa shape index (κ2) is 5.77.